The van der Waals surface area contributed by atoms with Crippen LogP contribution in [0.4, 0.5) is 0 Å². The van der Waals surface area contributed by atoms with E-state index in [0.29, 0.717) is 28.2 Å². The largest absolute Gasteiger partial charge is 0.477 e. The van der Waals surface area contributed by atoms with Crippen LogP contribution in [0.2, 0.25) is 0 Å². The third-order valence-corrected chi connectivity index (χ3v) is 3.94. The Labute approximate surface area is 167 Å². The molecule has 0 radical (unpaired) electrons. The van der Waals surface area contributed by atoms with Gasteiger partial charge in [0.15, 0.2) is 0 Å². The van der Waals surface area contributed by atoms with E-state index in [-0.39, 0.29) is 5.70 Å². The smallest absolute Gasteiger partial charge is 0.352 e. The average molecular weight is 384 g/mol. The van der Waals surface area contributed by atoms with Crippen LogP contribution in [0.5, 0.6) is 11.5 Å². The third kappa shape index (κ3) is 5.08. The second-order valence-corrected chi connectivity index (χ2v) is 5.96. The maximum absolute atomic E-state index is 12.2. The average Bonchev–Trinajstić information content (AvgIpc) is 2.75. The predicted octanol–water partition coefficient (Wildman–Crippen LogP) is 4.21. The van der Waals surface area contributed by atoms with Crippen molar-refractivity contribution < 1.29 is 19.4 Å². The van der Waals surface area contributed by atoms with Crippen molar-refractivity contribution in [3.05, 3.63) is 101 Å². The summed E-state index contributed by atoms with van der Waals surface area (Å²) in [7, 11) is 0. The number of carbonyl (C=O) groups excluding carboxylic acids is 1. The standard InChI is InChI=1S/C23H16N2O4/c24-15-18-8-4-5-9-21(18)29-19-12-10-16(11-13-19)14-20(23(27)28)25-22(26)17-6-2-1-3-7-17/h1-14H,(H,25,26)(H,27,28)/b20-14-. The molecular formula is C23H16N2O4. The number of carboxylic acids is 1. The number of para-hydroxylation sites is 1. The van der Waals surface area contributed by atoms with Gasteiger partial charge in [-0.05, 0) is 48.0 Å². The molecule has 0 unspecified atom stereocenters. The van der Waals surface area contributed by atoms with E-state index in [1.54, 1.807) is 78.9 Å². The molecule has 0 aromatic heterocycles. The summed E-state index contributed by atoms with van der Waals surface area (Å²) in [5.74, 6) is -0.834. The zero-order valence-corrected chi connectivity index (χ0v) is 15.2. The fourth-order valence-corrected chi connectivity index (χ4v) is 2.51. The molecule has 1 amide bonds. The van der Waals surface area contributed by atoms with Crippen molar-refractivity contribution in [3.8, 4) is 17.6 Å². The van der Waals surface area contributed by atoms with Crippen molar-refractivity contribution in [1.82, 2.24) is 5.32 Å². The highest BCUT2D eigenvalue weighted by Crippen LogP contribution is 2.25. The number of amides is 1. The Morgan fingerprint density at radius 3 is 2.24 bits per heavy atom. The van der Waals surface area contributed by atoms with Gasteiger partial charge in [-0.2, -0.15) is 5.26 Å². The van der Waals surface area contributed by atoms with Gasteiger partial charge in [-0.3, -0.25) is 4.79 Å². The molecule has 3 aromatic rings. The molecule has 0 spiro atoms. The van der Waals surface area contributed by atoms with Crippen LogP contribution in [0.15, 0.2) is 84.6 Å². The first-order valence-corrected chi connectivity index (χ1v) is 8.65. The highest BCUT2D eigenvalue weighted by Gasteiger charge is 2.13. The Bertz CT molecular complexity index is 1100. The molecule has 0 saturated carbocycles. The maximum Gasteiger partial charge on any atom is 0.352 e. The van der Waals surface area contributed by atoms with E-state index >= 15 is 0 Å². The number of hydrogen-bond donors (Lipinski definition) is 2. The number of nitriles is 1. The highest BCUT2D eigenvalue weighted by atomic mass is 16.5. The number of aliphatic carboxylic acids is 1. The van der Waals surface area contributed by atoms with E-state index in [4.69, 9.17) is 10.00 Å². The van der Waals surface area contributed by atoms with E-state index in [0.717, 1.165) is 0 Å². The molecule has 3 rings (SSSR count). The number of carbonyl (C=O) groups is 2. The number of nitrogens with one attached hydrogen (secondary N) is 1. The van der Waals surface area contributed by atoms with Crippen molar-refractivity contribution in [1.29, 1.82) is 5.26 Å². The second kappa shape index (κ2) is 9.02. The van der Waals surface area contributed by atoms with Crippen LogP contribution in [0.3, 0.4) is 0 Å². The van der Waals surface area contributed by atoms with Crippen LogP contribution in [-0.2, 0) is 4.79 Å². The summed E-state index contributed by atoms with van der Waals surface area (Å²) in [5, 5.41) is 20.9. The minimum absolute atomic E-state index is 0.248. The molecule has 0 aliphatic rings. The Balaban J connectivity index is 1.76. The zero-order chi connectivity index (χ0) is 20.6. The molecule has 0 bridgehead atoms. The van der Waals surface area contributed by atoms with Crippen molar-refractivity contribution in [3.63, 3.8) is 0 Å². The summed E-state index contributed by atoms with van der Waals surface area (Å²) >= 11 is 0. The molecule has 6 nitrogen and oxygen atoms in total. The molecule has 2 N–H and O–H groups in total. The fourth-order valence-electron chi connectivity index (χ4n) is 2.51. The van der Waals surface area contributed by atoms with E-state index in [1.807, 2.05) is 0 Å². The number of ether oxygens (including phenoxy) is 1. The highest BCUT2D eigenvalue weighted by molar-refractivity contribution is 6.02. The number of hydrogen-bond acceptors (Lipinski definition) is 4. The molecule has 6 heteroatoms. The van der Waals surface area contributed by atoms with Crippen LogP contribution in [0.25, 0.3) is 6.08 Å². The lowest BCUT2D eigenvalue weighted by atomic mass is 10.1. The first-order valence-electron chi connectivity index (χ1n) is 8.65. The van der Waals surface area contributed by atoms with Crippen molar-refractivity contribution in [2.45, 2.75) is 0 Å². The van der Waals surface area contributed by atoms with Gasteiger partial charge in [0.1, 0.15) is 23.3 Å². The molecule has 0 heterocycles. The summed E-state index contributed by atoms with van der Waals surface area (Å²) < 4.78 is 5.70. The van der Waals surface area contributed by atoms with E-state index in [9.17, 15) is 14.7 Å². The van der Waals surface area contributed by atoms with Crippen LogP contribution in [-0.4, -0.2) is 17.0 Å². The number of benzene rings is 3. The maximum atomic E-state index is 12.2. The summed E-state index contributed by atoms with van der Waals surface area (Å²) in [6.45, 7) is 0. The van der Waals surface area contributed by atoms with Crippen LogP contribution in [0, 0.1) is 11.3 Å². The molecule has 142 valence electrons. The first-order chi connectivity index (χ1) is 14.1. The number of nitrogens with zero attached hydrogens (tertiary/aromatic N) is 1. The van der Waals surface area contributed by atoms with Crippen LogP contribution < -0.4 is 10.1 Å². The Morgan fingerprint density at radius 2 is 1.59 bits per heavy atom. The van der Waals surface area contributed by atoms with Gasteiger partial charge < -0.3 is 15.2 Å². The molecular weight excluding hydrogens is 368 g/mol. The molecule has 0 aliphatic heterocycles. The van der Waals surface area contributed by atoms with Gasteiger partial charge in [-0.1, -0.05) is 42.5 Å². The van der Waals surface area contributed by atoms with Crippen molar-refractivity contribution in [2.24, 2.45) is 0 Å². The molecule has 0 aliphatic carbocycles. The van der Waals surface area contributed by atoms with Gasteiger partial charge in [0.05, 0.1) is 5.56 Å². The molecule has 29 heavy (non-hydrogen) atoms. The van der Waals surface area contributed by atoms with Crippen LogP contribution in [0.1, 0.15) is 21.5 Å². The van der Waals surface area contributed by atoms with E-state index < -0.39 is 11.9 Å². The SMILES string of the molecule is N#Cc1ccccc1Oc1ccc(/C=C(\NC(=O)c2ccccc2)C(=O)O)cc1. The van der Waals surface area contributed by atoms with Crippen LogP contribution >= 0.6 is 0 Å². The summed E-state index contributed by atoms with van der Waals surface area (Å²) in [4.78, 5) is 23.7. The zero-order valence-electron chi connectivity index (χ0n) is 15.2. The van der Waals surface area contributed by atoms with Gasteiger partial charge in [-0.25, -0.2) is 4.79 Å². The Kier molecular flexibility index (Phi) is 6.03. The monoisotopic (exact) mass is 384 g/mol. The lowest BCUT2D eigenvalue weighted by Crippen LogP contribution is -2.27. The predicted molar refractivity (Wildman–Crippen MR) is 107 cm³/mol. The Hall–Kier alpha value is -4.37. The van der Waals surface area contributed by atoms with Crippen molar-refractivity contribution >= 4 is 18.0 Å². The number of carboxylic acid groups (broad SMARTS) is 1. The number of rotatable bonds is 6. The van der Waals surface area contributed by atoms with E-state index in [1.165, 1.54) is 6.08 Å². The normalized spacial score (nSPS) is 10.7. The Morgan fingerprint density at radius 1 is 0.931 bits per heavy atom. The van der Waals surface area contributed by atoms with Gasteiger partial charge in [0.25, 0.3) is 5.91 Å². The summed E-state index contributed by atoms with van der Waals surface area (Å²) in [5.41, 5.74) is 1.09. The van der Waals surface area contributed by atoms with Gasteiger partial charge in [0, 0.05) is 5.56 Å². The first kappa shape index (κ1) is 19.4. The summed E-state index contributed by atoms with van der Waals surface area (Å²) in [6.07, 6.45) is 1.36. The lowest BCUT2D eigenvalue weighted by Gasteiger charge is -2.08. The second-order valence-electron chi connectivity index (χ2n) is 5.96. The minimum atomic E-state index is -1.25. The van der Waals surface area contributed by atoms with Crippen molar-refractivity contribution in [2.75, 3.05) is 0 Å². The van der Waals surface area contributed by atoms with E-state index in [2.05, 4.69) is 11.4 Å². The minimum Gasteiger partial charge on any atom is -0.477 e. The van der Waals surface area contributed by atoms with Gasteiger partial charge >= 0.3 is 5.97 Å². The van der Waals surface area contributed by atoms with Gasteiger partial charge in [-0.15, -0.1) is 0 Å². The molecule has 0 saturated heterocycles. The van der Waals surface area contributed by atoms with Gasteiger partial charge in [0.2, 0.25) is 0 Å². The summed E-state index contributed by atoms with van der Waals surface area (Å²) in [6, 6.07) is 23.9. The lowest BCUT2D eigenvalue weighted by molar-refractivity contribution is -0.132. The molecule has 0 atom stereocenters. The fraction of sp³-hybridized carbons (Fsp3) is 0. The molecule has 3 aromatic carbocycles. The molecule has 0 fully saturated rings. The topological polar surface area (TPSA) is 99.4 Å². The quantitative estimate of drug-likeness (QED) is 0.620. The third-order valence-electron chi connectivity index (χ3n) is 3.94.